The van der Waals surface area contributed by atoms with Crippen LogP contribution in [0, 0.1) is 5.82 Å². The number of hydrogen-bond donors (Lipinski definition) is 0. The third kappa shape index (κ3) is 3.50. The van der Waals surface area contributed by atoms with E-state index in [4.69, 9.17) is 0 Å². The van der Waals surface area contributed by atoms with Gasteiger partial charge in [0.25, 0.3) is 5.91 Å². The zero-order chi connectivity index (χ0) is 17.2. The minimum atomic E-state index is -3.67. The van der Waals surface area contributed by atoms with E-state index >= 15 is 0 Å². The van der Waals surface area contributed by atoms with Crippen molar-refractivity contribution in [2.24, 2.45) is 0 Å². The van der Waals surface area contributed by atoms with Crippen molar-refractivity contribution >= 4 is 27.3 Å². The Morgan fingerprint density at radius 2 is 1.79 bits per heavy atom. The molecular weight excluding hydrogens is 351 g/mol. The first kappa shape index (κ1) is 17.1. The molecule has 1 aromatic heterocycles. The van der Waals surface area contributed by atoms with Gasteiger partial charge in [0.2, 0.25) is 10.0 Å². The molecule has 24 heavy (non-hydrogen) atoms. The van der Waals surface area contributed by atoms with Gasteiger partial charge in [0, 0.05) is 26.2 Å². The Bertz CT molecular complexity index is 804. The van der Waals surface area contributed by atoms with Crippen LogP contribution in [0.25, 0.3) is 0 Å². The van der Waals surface area contributed by atoms with Crippen LogP contribution in [0.15, 0.2) is 46.7 Å². The summed E-state index contributed by atoms with van der Waals surface area (Å²) in [4.78, 5) is 14.8. The molecule has 0 unspecified atom stereocenters. The quantitative estimate of drug-likeness (QED) is 0.836. The topological polar surface area (TPSA) is 57.7 Å². The van der Waals surface area contributed by atoms with Crippen molar-refractivity contribution < 1.29 is 17.6 Å². The first-order valence-corrected chi connectivity index (χ1v) is 9.89. The molecule has 1 aliphatic rings. The average molecular weight is 368 g/mol. The normalized spacial score (nSPS) is 16.8. The fourth-order valence-electron chi connectivity index (χ4n) is 2.65. The summed E-state index contributed by atoms with van der Waals surface area (Å²) in [6.07, 6.45) is 0.567. The molecule has 0 aliphatic carbocycles. The first-order chi connectivity index (χ1) is 11.5. The first-order valence-electron chi connectivity index (χ1n) is 7.57. The summed E-state index contributed by atoms with van der Waals surface area (Å²) < 4.78 is 39.7. The minimum Gasteiger partial charge on any atom is -0.337 e. The third-order valence-corrected chi connectivity index (χ3v) is 6.70. The van der Waals surface area contributed by atoms with E-state index in [-0.39, 0.29) is 17.3 Å². The molecule has 0 bridgehead atoms. The molecular formula is C16H17FN2O3S2. The summed E-state index contributed by atoms with van der Waals surface area (Å²) in [5, 5.41) is 1.84. The Morgan fingerprint density at radius 1 is 1.04 bits per heavy atom. The number of rotatable bonds is 3. The number of amides is 1. The molecule has 5 nitrogen and oxygen atoms in total. The lowest BCUT2D eigenvalue weighted by molar-refractivity contribution is 0.0769. The second-order valence-corrected chi connectivity index (χ2v) is 8.37. The van der Waals surface area contributed by atoms with Crippen LogP contribution in [0.1, 0.15) is 16.1 Å². The van der Waals surface area contributed by atoms with E-state index < -0.39 is 15.8 Å². The standard InChI is InChI=1S/C16H17FN2O3S2/c17-13-4-6-14(7-5-13)24(21,22)19-9-2-8-18(10-11-19)16(20)15-3-1-12-23-15/h1,3-7,12H,2,8-11H2. The van der Waals surface area contributed by atoms with Crippen LogP contribution in [0.4, 0.5) is 4.39 Å². The summed E-state index contributed by atoms with van der Waals surface area (Å²) in [7, 11) is -3.67. The number of sulfonamides is 1. The smallest absolute Gasteiger partial charge is 0.263 e. The number of hydrogen-bond acceptors (Lipinski definition) is 4. The lowest BCUT2D eigenvalue weighted by Crippen LogP contribution is -2.37. The van der Waals surface area contributed by atoms with Crippen LogP contribution < -0.4 is 0 Å². The van der Waals surface area contributed by atoms with E-state index in [0.717, 1.165) is 12.1 Å². The Labute approximate surface area is 144 Å². The van der Waals surface area contributed by atoms with Crippen LogP contribution in [-0.4, -0.2) is 49.7 Å². The lowest BCUT2D eigenvalue weighted by atomic mass is 10.3. The van der Waals surface area contributed by atoms with E-state index in [9.17, 15) is 17.6 Å². The van der Waals surface area contributed by atoms with E-state index in [1.54, 1.807) is 11.0 Å². The SMILES string of the molecule is O=C(c1cccs1)N1CCCN(S(=O)(=O)c2ccc(F)cc2)CC1. The van der Waals surface area contributed by atoms with Crippen molar-refractivity contribution in [3.63, 3.8) is 0 Å². The van der Waals surface area contributed by atoms with Gasteiger partial charge in [-0.15, -0.1) is 11.3 Å². The van der Waals surface area contributed by atoms with Gasteiger partial charge in [-0.2, -0.15) is 4.31 Å². The van der Waals surface area contributed by atoms with Gasteiger partial charge < -0.3 is 4.90 Å². The maximum Gasteiger partial charge on any atom is 0.263 e. The number of benzene rings is 1. The summed E-state index contributed by atoms with van der Waals surface area (Å²) in [5.74, 6) is -0.538. The second-order valence-electron chi connectivity index (χ2n) is 5.48. The van der Waals surface area contributed by atoms with Gasteiger partial charge >= 0.3 is 0 Å². The highest BCUT2D eigenvalue weighted by Crippen LogP contribution is 2.19. The molecule has 1 aliphatic heterocycles. The van der Waals surface area contributed by atoms with Crippen molar-refractivity contribution in [2.45, 2.75) is 11.3 Å². The van der Waals surface area contributed by atoms with Crippen LogP contribution >= 0.6 is 11.3 Å². The van der Waals surface area contributed by atoms with Crippen LogP contribution in [0.5, 0.6) is 0 Å². The number of thiophene rings is 1. The minimum absolute atomic E-state index is 0.0639. The number of halogens is 1. The summed E-state index contributed by atoms with van der Waals surface area (Å²) in [6.45, 7) is 1.44. The maximum atomic E-state index is 13.0. The van der Waals surface area contributed by atoms with Gasteiger partial charge in [0.05, 0.1) is 9.77 Å². The number of nitrogens with zero attached hydrogens (tertiary/aromatic N) is 2. The molecule has 1 saturated heterocycles. The number of carbonyl (C=O) groups is 1. The van der Waals surface area contributed by atoms with Crippen LogP contribution in [0.2, 0.25) is 0 Å². The molecule has 1 fully saturated rings. The molecule has 0 atom stereocenters. The monoisotopic (exact) mass is 368 g/mol. The molecule has 128 valence electrons. The summed E-state index contributed by atoms with van der Waals surface area (Å²) >= 11 is 1.38. The fourth-order valence-corrected chi connectivity index (χ4v) is 4.81. The molecule has 2 aromatic rings. The van der Waals surface area contributed by atoms with Gasteiger partial charge in [-0.1, -0.05) is 6.07 Å². The van der Waals surface area contributed by atoms with E-state index in [0.29, 0.717) is 30.9 Å². The molecule has 1 aromatic carbocycles. The van der Waals surface area contributed by atoms with E-state index in [1.165, 1.54) is 27.8 Å². The molecule has 1 amide bonds. The molecule has 0 N–H and O–H groups in total. The Kier molecular flexibility index (Phi) is 4.98. The third-order valence-electron chi connectivity index (χ3n) is 3.93. The van der Waals surface area contributed by atoms with Gasteiger partial charge in [0.15, 0.2) is 0 Å². The van der Waals surface area contributed by atoms with Gasteiger partial charge in [0.1, 0.15) is 5.82 Å². The highest BCUT2D eigenvalue weighted by atomic mass is 32.2. The second kappa shape index (κ2) is 7.00. The lowest BCUT2D eigenvalue weighted by Gasteiger charge is -2.21. The predicted molar refractivity (Wildman–Crippen MR) is 90.0 cm³/mol. The van der Waals surface area contributed by atoms with Gasteiger partial charge in [-0.05, 0) is 42.1 Å². The van der Waals surface area contributed by atoms with Crippen molar-refractivity contribution in [3.05, 3.63) is 52.5 Å². The maximum absolute atomic E-state index is 13.0. The van der Waals surface area contributed by atoms with Crippen LogP contribution in [-0.2, 0) is 10.0 Å². The van der Waals surface area contributed by atoms with Crippen molar-refractivity contribution in [1.29, 1.82) is 0 Å². The molecule has 0 radical (unpaired) electrons. The van der Waals surface area contributed by atoms with Crippen molar-refractivity contribution in [2.75, 3.05) is 26.2 Å². The van der Waals surface area contributed by atoms with Gasteiger partial charge in [-0.3, -0.25) is 4.79 Å². The average Bonchev–Trinajstić information content (AvgIpc) is 2.98. The van der Waals surface area contributed by atoms with Gasteiger partial charge in [-0.25, -0.2) is 12.8 Å². The summed E-state index contributed by atoms with van der Waals surface area (Å²) in [5.41, 5.74) is 0. The van der Waals surface area contributed by atoms with E-state index in [2.05, 4.69) is 0 Å². The van der Waals surface area contributed by atoms with Crippen LogP contribution in [0.3, 0.4) is 0 Å². The predicted octanol–water partition coefficient (Wildman–Crippen LogP) is 2.42. The molecule has 0 saturated carbocycles. The zero-order valence-corrected chi connectivity index (χ0v) is 14.5. The van der Waals surface area contributed by atoms with Crippen molar-refractivity contribution in [1.82, 2.24) is 9.21 Å². The fraction of sp³-hybridized carbons (Fsp3) is 0.312. The largest absolute Gasteiger partial charge is 0.337 e. The Hall–Kier alpha value is -1.77. The van der Waals surface area contributed by atoms with Crippen molar-refractivity contribution in [3.8, 4) is 0 Å². The number of carbonyl (C=O) groups excluding carboxylic acids is 1. The highest BCUT2D eigenvalue weighted by molar-refractivity contribution is 7.89. The highest BCUT2D eigenvalue weighted by Gasteiger charge is 2.28. The summed E-state index contributed by atoms with van der Waals surface area (Å²) in [6, 6.07) is 8.40. The zero-order valence-electron chi connectivity index (χ0n) is 12.9. The molecule has 3 rings (SSSR count). The molecule has 8 heteroatoms. The Morgan fingerprint density at radius 3 is 2.46 bits per heavy atom. The van der Waals surface area contributed by atoms with E-state index in [1.807, 2.05) is 11.4 Å². The molecule has 2 heterocycles. The molecule has 0 spiro atoms. The Balaban J connectivity index is 1.73.